The van der Waals surface area contributed by atoms with Gasteiger partial charge in [-0.15, -0.1) is 0 Å². The van der Waals surface area contributed by atoms with E-state index in [0.717, 1.165) is 11.8 Å². The first kappa shape index (κ1) is 21.2. The topological polar surface area (TPSA) is 119 Å². The summed E-state index contributed by atoms with van der Waals surface area (Å²) in [7, 11) is -1.90. The van der Waals surface area contributed by atoms with Crippen molar-refractivity contribution in [1.29, 1.82) is 0 Å². The molecule has 1 aliphatic heterocycles. The van der Waals surface area contributed by atoms with Crippen LogP contribution in [0, 0.1) is 5.82 Å². The molecular weight excluding hydrogens is 465 g/mol. The summed E-state index contributed by atoms with van der Waals surface area (Å²) in [4.78, 5) is 21.6. The summed E-state index contributed by atoms with van der Waals surface area (Å²) in [6, 6.07) is 8.46. The molecule has 1 atom stereocenters. The molecule has 4 heterocycles. The Hall–Kier alpha value is -3.70. The van der Waals surface area contributed by atoms with E-state index in [-0.39, 0.29) is 23.8 Å². The molecule has 0 spiro atoms. The minimum atomic E-state index is -1.90. The second-order valence-electron chi connectivity index (χ2n) is 7.63. The predicted molar refractivity (Wildman–Crippen MR) is 125 cm³/mol. The smallest absolute Gasteiger partial charge is 0.256 e. The average Bonchev–Trinajstić information content (AvgIpc) is 3.22. The highest BCUT2D eigenvalue weighted by Crippen LogP contribution is 2.35. The van der Waals surface area contributed by atoms with Crippen LogP contribution in [0.1, 0.15) is 15.9 Å². The Balaban J connectivity index is 1.71. The van der Waals surface area contributed by atoms with Crippen LogP contribution in [0.25, 0.3) is 16.8 Å². The lowest BCUT2D eigenvalue weighted by Gasteiger charge is -2.17. The summed E-state index contributed by atoms with van der Waals surface area (Å²) < 4.78 is 21.4. The van der Waals surface area contributed by atoms with Crippen LogP contribution in [0.3, 0.4) is 0 Å². The maximum absolute atomic E-state index is 14.0. The molecule has 5 rings (SSSR count). The van der Waals surface area contributed by atoms with E-state index in [0.29, 0.717) is 39.7 Å². The van der Waals surface area contributed by atoms with Crippen LogP contribution < -0.4 is 20.8 Å². The fraction of sp³-hybridized carbons (Fsp3) is 0.143. The molecule has 1 aromatic carbocycles. The summed E-state index contributed by atoms with van der Waals surface area (Å²) in [5.41, 5.74) is 8.93. The second-order valence-corrected chi connectivity index (χ2v) is 10.3. The molecule has 4 N–H and O–H groups in total. The summed E-state index contributed by atoms with van der Waals surface area (Å²) in [6.07, 6.45) is 2.88. The van der Waals surface area contributed by atoms with E-state index in [4.69, 9.17) is 21.8 Å². The molecule has 2 bridgehead atoms. The lowest BCUT2D eigenvalue weighted by Crippen LogP contribution is -2.37. The van der Waals surface area contributed by atoms with Gasteiger partial charge in [0.25, 0.3) is 14.9 Å². The molecule has 0 aliphatic carbocycles. The van der Waals surface area contributed by atoms with Gasteiger partial charge < -0.3 is 20.8 Å². The number of benzene rings is 1. The van der Waals surface area contributed by atoms with Crippen molar-refractivity contribution in [2.24, 2.45) is 0 Å². The van der Waals surface area contributed by atoms with Crippen molar-refractivity contribution < 1.29 is 13.6 Å². The van der Waals surface area contributed by atoms with Crippen LogP contribution in [0.5, 0.6) is 5.88 Å². The Morgan fingerprint density at radius 2 is 2.03 bits per heavy atom. The standard InChI is InChI=1S/C21H19ClFN7O2Si/c1-33-10-27-20(31)15-9-28-30-17(24)16(11-2-4-13(22)5-3-11)18(29-19(15)30)25-7-12-6-14(23)8-26-21(12)32-33/h2-6,8-9,33H,7,10,24H2,1H3,(H,25,29)(H,27,31)/t33-/m0/s1. The van der Waals surface area contributed by atoms with E-state index in [9.17, 15) is 9.18 Å². The minimum Gasteiger partial charge on any atom is -0.532 e. The first-order chi connectivity index (χ1) is 15.9. The first-order valence-electron chi connectivity index (χ1n) is 10.2. The Bertz CT molecular complexity index is 1380. The van der Waals surface area contributed by atoms with Gasteiger partial charge in [-0.05, 0) is 30.3 Å². The molecule has 4 aromatic rings. The fourth-order valence-electron chi connectivity index (χ4n) is 3.65. The first-order valence-corrected chi connectivity index (χ1v) is 13.0. The van der Waals surface area contributed by atoms with Crippen LogP contribution in [-0.2, 0) is 6.54 Å². The van der Waals surface area contributed by atoms with Crippen LogP contribution in [0.4, 0.5) is 16.0 Å². The van der Waals surface area contributed by atoms with Crippen molar-refractivity contribution in [2.45, 2.75) is 13.1 Å². The fourth-order valence-corrected chi connectivity index (χ4v) is 4.92. The highest BCUT2D eigenvalue weighted by molar-refractivity contribution is 6.51. The minimum absolute atomic E-state index is 0.176. The lowest BCUT2D eigenvalue weighted by atomic mass is 10.1. The van der Waals surface area contributed by atoms with Crippen LogP contribution in [-0.4, -0.2) is 40.7 Å². The molecule has 168 valence electrons. The number of nitrogens with zero attached hydrogens (tertiary/aromatic N) is 4. The number of aromatic nitrogens is 4. The number of fused-ring (bicyclic) bond motifs is 2. The zero-order valence-corrected chi connectivity index (χ0v) is 19.4. The number of hydrogen-bond donors (Lipinski definition) is 3. The number of nitrogens with two attached hydrogens (primary N) is 1. The number of carbonyl (C=O) groups excluding carboxylic acids is 1. The van der Waals surface area contributed by atoms with Crippen molar-refractivity contribution in [2.75, 3.05) is 17.2 Å². The number of nitrogens with one attached hydrogen (secondary N) is 2. The van der Waals surface area contributed by atoms with Crippen molar-refractivity contribution in [3.63, 3.8) is 0 Å². The SMILES string of the molecule is C[Si@H]1CNC(=O)c2cnn3c(N)c(-c4ccc(Cl)cc4)c(nc23)NCc2cc(F)cnc2O1. The van der Waals surface area contributed by atoms with Gasteiger partial charge in [-0.3, -0.25) is 4.79 Å². The van der Waals surface area contributed by atoms with E-state index in [1.165, 1.54) is 16.8 Å². The number of hydrogen-bond acceptors (Lipinski definition) is 7. The molecule has 0 saturated heterocycles. The molecule has 0 radical (unpaired) electrons. The Kier molecular flexibility index (Phi) is 5.34. The summed E-state index contributed by atoms with van der Waals surface area (Å²) in [6.45, 7) is 2.10. The van der Waals surface area contributed by atoms with Gasteiger partial charge in [-0.25, -0.2) is 14.4 Å². The van der Waals surface area contributed by atoms with Crippen molar-refractivity contribution in [1.82, 2.24) is 24.9 Å². The van der Waals surface area contributed by atoms with Gasteiger partial charge in [-0.2, -0.15) is 9.61 Å². The Morgan fingerprint density at radius 1 is 1.24 bits per heavy atom. The van der Waals surface area contributed by atoms with Gasteiger partial charge in [0.05, 0.1) is 18.0 Å². The molecule has 0 fully saturated rings. The number of anilines is 2. The molecule has 1 amide bonds. The molecule has 12 heteroatoms. The number of nitrogen functional groups attached to an aromatic ring is 1. The Labute approximate surface area is 194 Å². The largest absolute Gasteiger partial charge is 0.532 e. The van der Waals surface area contributed by atoms with Crippen LogP contribution in [0.15, 0.2) is 42.7 Å². The summed E-state index contributed by atoms with van der Waals surface area (Å²) in [5.74, 6) is 0.190. The molecule has 0 unspecified atom stereocenters. The quantitative estimate of drug-likeness (QED) is 0.356. The van der Waals surface area contributed by atoms with Gasteiger partial charge >= 0.3 is 0 Å². The predicted octanol–water partition coefficient (Wildman–Crippen LogP) is 2.79. The zero-order chi connectivity index (χ0) is 23.1. The highest BCUT2D eigenvalue weighted by atomic mass is 35.5. The summed E-state index contributed by atoms with van der Waals surface area (Å²) in [5, 5.41) is 11.0. The second kappa shape index (κ2) is 8.33. The van der Waals surface area contributed by atoms with Crippen molar-refractivity contribution >= 4 is 43.8 Å². The molecule has 3 aromatic heterocycles. The number of halogens is 2. The molecule has 0 saturated carbocycles. The van der Waals surface area contributed by atoms with E-state index >= 15 is 0 Å². The maximum Gasteiger partial charge on any atom is 0.256 e. The molecule has 9 nitrogen and oxygen atoms in total. The Morgan fingerprint density at radius 3 is 2.82 bits per heavy atom. The highest BCUT2D eigenvalue weighted by Gasteiger charge is 2.23. The third-order valence-corrected chi connectivity index (χ3v) is 6.92. The van der Waals surface area contributed by atoms with Gasteiger partial charge in [-0.1, -0.05) is 23.7 Å². The molecular formula is C21H19ClFN7O2Si. The van der Waals surface area contributed by atoms with E-state index < -0.39 is 14.9 Å². The third-order valence-electron chi connectivity index (χ3n) is 5.26. The summed E-state index contributed by atoms with van der Waals surface area (Å²) >= 11 is 6.06. The number of pyridine rings is 1. The van der Waals surface area contributed by atoms with Gasteiger partial charge in [0, 0.05) is 23.3 Å². The lowest BCUT2D eigenvalue weighted by molar-refractivity contribution is 0.0960. The maximum atomic E-state index is 14.0. The molecule has 1 aliphatic rings. The zero-order valence-electron chi connectivity index (χ0n) is 17.5. The van der Waals surface area contributed by atoms with Crippen LogP contribution in [0.2, 0.25) is 11.6 Å². The van der Waals surface area contributed by atoms with E-state index in [1.54, 1.807) is 12.1 Å². The van der Waals surface area contributed by atoms with Crippen molar-refractivity contribution in [3.05, 3.63) is 64.7 Å². The van der Waals surface area contributed by atoms with Gasteiger partial charge in [0.1, 0.15) is 23.0 Å². The number of rotatable bonds is 1. The van der Waals surface area contributed by atoms with Crippen molar-refractivity contribution in [3.8, 4) is 17.0 Å². The number of carbonyl (C=O) groups is 1. The normalized spacial score (nSPS) is 16.1. The monoisotopic (exact) mass is 483 g/mol. The van der Waals surface area contributed by atoms with Crippen LogP contribution >= 0.6 is 11.6 Å². The average molecular weight is 484 g/mol. The molecule has 33 heavy (non-hydrogen) atoms. The van der Waals surface area contributed by atoms with E-state index in [2.05, 4.69) is 25.7 Å². The van der Waals surface area contributed by atoms with Gasteiger partial charge in [0.15, 0.2) is 5.65 Å². The van der Waals surface area contributed by atoms with Gasteiger partial charge in [0.2, 0.25) is 5.88 Å². The number of amides is 1. The third kappa shape index (κ3) is 3.96. The van der Waals surface area contributed by atoms with E-state index in [1.807, 2.05) is 18.7 Å².